The summed E-state index contributed by atoms with van der Waals surface area (Å²) in [4.78, 5) is 31.0. The van der Waals surface area contributed by atoms with Crippen molar-refractivity contribution in [3.05, 3.63) is 78.4 Å². The van der Waals surface area contributed by atoms with Crippen LogP contribution in [0.15, 0.2) is 67.3 Å². The van der Waals surface area contributed by atoms with Crippen molar-refractivity contribution in [1.82, 2.24) is 30.0 Å². The van der Waals surface area contributed by atoms with E-state index in [1.807, 2.05) is 67.7 Å². The summed E-state index contributed by atoms with van der Waals surface area (Å²) in [6, 6.07) is 15.6. The fraction of sp³-hybridized carbons (Fsp3) is 0.394. The average molecular weight is 611 g/mol. The number of rotatable bonds is 16. The average Bonchev–Trinajstić information content (AvgIpc) is 3.51. The number of aliphatic hydroxyl groups is 1. The summed E-state index contributed by atoms with van der Waals surface area (Å²) in [6.45, 7) is 3.74. The van der Waals surface area contributed by atoms with Crippen molar-refractivity contribution >= 4 is 23.6 Å². The van der Waals surface area contributed by atoms with Crippen LogP contribution in [0.25, 0.3) is 11.1 Å². The van der Waals surface area contributed by atoms with Crippen molar-refractivity contribution in [2.24, 2.45) is 7.05 Å². The van der Waals surface area contributed by atoms with E-state index < -0.39 is 0 Å². The Labute approximate surface area is 264 Å². The summed E-state index contributed by atoms with van der Waals surface area (Å²) >= 11 is 0. The number of nitrogens with zero attached hydrogens (tertiary/aromatic N) is 8. The van der Waals surface area contributed by atoms with E-state index in [1.54, 1.807) is 22.0 Å². The van der Waals surface area contributed by atoms with E-state index in [-0.39, 0.29) is 18.7 Å². The molecular weight excluding hydrogens is 568 g/mol. The number of amides is 2. The van der Waals surface area contributed by atoms with Crippen LogP contribution in [0.1, 0.15) is 50.2 Å². The van der Waals surface area contributed by atoms with Crippen molar-refractivity contribution < 1.29 is 9.90 Å². The van der Waals surface area contributed by atoms with Gasteiger partial charge in [-0.2, -0.15) is 15.3 Å². The summed E-state index contributed by atoms with van der Waals surface area (Å²) in [5.74, 6) is 1.54. The van der Waals surface area contributed by atoms with Crippen LogP contribution in [-0.4, -0.2) is 68.7 Å². The van der Waals surface area contributed by atoms with E-state index in [2.05, 4.69) is 38.7 Å². The monoisotopic (exact) mass is 610 g/mol. The maximum atomic E-state index is 13.8. The second-order valence-electron chi connectivity index (χ2n) is 10.9. The molecule has 2 amide bonds. The van der Waals surface area contributed by atoms with E-state index in [4.69, 9.17) is 4.98 Å². The number of aromatic nitrogens is 5. The molecule has 1 aromatic carbocycles. The molecule has 0 aliphatic heterocycles. The first-order chi connectivity index (χ1) is 21.9. The summed E-state index contributed by atoms with van der Waals surface area (Å²) in [7, 11) is 3.71. The minimum absolute atomic E-state index is 0.0623. The van der Waals surface area contributed by atoms with Crippen LogP contribution >= 0.6 is 0 Å². The molecule has 4 aromatic rings. The Morgan fingerprint density at radius 3 is 2.56 bits per heavy atom. The van der Waals surface area contributed by atoms with Crippen molar-refractivity contribution in [1.29, 1.82) is 5.26 Å². The van der Waals surface area contributed by atoms with Crippen LogP contribution in [-0.2, 0) is 13.6 Å². The van der Waals surface area contributed by atoms with Crippen molar-refractivity contribution in [3.63, 3.8) is 0 Å². The summed E-state index contributed by atoms with van der Waals surface area (Å²) in [6.07, 6.45) is 10.8. The molecule has 0 unspecified atom stereocenters. The number of anilines is 3. The maximum Gasteiger partial charge on any atom is 0.323 e. The van der Waals surface area contributed by atoms with Crippen molar-refractivity contribution in [2.75, 3.05) is 41.9 Å². The number of hydrogen-bond acceptors (Lipinski definition) is 9. The third-order valence-electron chi connectivity index (χ3n) is 7.42. The van der Waals surface area contributed by atoms with Crippen molar-refractivity contribution in [2.45, 2.75) is 51.6 Å². The molecule has 3 aromatic heterocycles. The molecule has 4 rings (SSSR count). The highest BCUT2D eigenvalue weighted by Gasteiger charge is 2.26. The number of carbonyl (C=O) groups is 1. The van der Waals surface area contributed by atoms with Crippen LogP contribution < -0.4 is 20.4 Å². The maximum absolute atomic E-state index is 13.8. The van der Waals surface area contributed by atoms with Gasteiger partial charge in [-0.05, 0) is 43.4 Å². The highest BCUT2D eigenvalue weighted by Crippen LogP contribution is 2.25. The lowest BCUT2D eigenvalue weighted by molar-refractivity contribution is 0.242. The van der Waals surface area contributed by atoms with Gasteiger partial charge >= 0.3 is 6.03 Å². The molecular formula is C33H42N10O2. The van der Waals surface area contributed by atoms with Gasteiger partial charge in [0.1, 0.15) is 17.5 Å². The lowest BCUT2D eigenvalue weighted by Crippen LogP contribution is -2.47. The number of nitrogens with one attached hydrogen (secondary N) is 2. The molecule has 0 aliphatic carbocycles. The van der Waals surface area contributed by atoms with Gasteiger partial charge in [0.05, 0.1) is 12.4 Å². The van der Waals surface area contributed by atoms with Crippen LogP contribution in [0, 0.1) is 11.3 Å². The molecule has 3 heterocycles. The third kappa shape index (κ3) is 9.23. The Balaban J connectivity index is 1.48. The van der Waals surface area contributed by atoms with Crippen LogP contribution in [0.2, 0.25) is 0 Å². The molecule has 0 saturated heterocycles. The van der Waals surface area contributed by atoms with Gasteiger partial charge in [0, 0.05) is 69.9 Å². The normalized spacial score (nSPS) is 11.4. The van der Waals surface area contributed by atoms with E-state index in [0.29, 0.717) is 49.2 Å². The van der Waals surface area contributed by atoms with Gasteiger partial charge in [0.15, 0.2) is 5.82 Å². The largest absolute Gasteiger partial charge is 0.396 e. The molecule has 0 radical (unpaired) electrons. The number of nitriles is 1. The number of aliphatic hydroxyl groups excluding tert-OH is 1. The van der Waals surface area contributed by atoms with Gasteiger partial charge in [0.2, 0.25) is 5.95 Å². The van der Waals surface area contributed by atoms with Gasteiger partial charge in [-0.25, -0.2) is 14.8 Å². The Morgan fingerprint density at radius 1 is 1.07 bits per heavy atom. The minimum Gasteiger partial charge on any atom is -0.396 e. The first kappa shape index (κ1) is 32.9. The molecule has 0 spiro atoms. The molecule has 45 heavy (non-hydrogen) atoms. The quantitative estimate of drug-likeness (QED) is 0.153. The predicted molar refractivity (Wildman–Crippen MR) is 176 cm³/mol. The summed E-state index contributed by atoms with van der Waals surface area (Å²) in [5, 5.41) is 29.3. The fourth-order valence-electron chi connectivity index (χ4n) is 5.10. The SMILES string of the molecule is CCC[C@@H](CCCNc1ncc(C#N)c(N(C)CCCO)n1)N(C(=O)NCc1ccccc1)c1ccc(-c2cnn(C)c2)cn1. The minimum atomic E-state index is -0.196. The Kier molecular flexibility index (Phi) is 12.2. The third-order valence-corrected chi connectivity index (χ3v) is 7.42. The lowest BCUT2D eigenvalue weighted by Gasteiger charge is -2.31. The summed E-state index contributed by atoms with van der Waals surface area (Å²) < 4.78 is 1.75. The molecule has 12 heteroatoms. The predicted octanol–water partition coefficient (Wildman–Crippen LogP) is 4.74. The zero-order valence-corrected chi connectivity index (χ0v) is 26.2. The standard InChI is InChI=1S/C33H42N10O2/c1-4-10-29(13-8-16-35-32-37-22-27(19-34)31(40-32)41(2)17-9-18-44)43(33(45)38-20-25-11-6-5-7-12-25)30-15-14-26(21-36-30)28-23-39-42(3)24-28/h5-7,11-12,14-15,21-24,29,44H,4,8-10,13,16-18,20H2,1-3H3,(H,38,45)(H,35,37,40)/t29-/m0/s1. The molecule has 236 valence electrons. The highest BCUT2D eigenvalue weighted by molar-refractivity contribution is 5.91. The molecule has 12 nitrogen and oxygen atoms in total. The number of hydrogen-bond donors (Lipinski definition) is 3. The molecule has 3 N–H and O–H groups in total. The van der Waals surface area contributed by atoms with E-state index in [9.17, 15) is 15.2 Å². The van der Waals surface area contributed by atoms with E-state index in [1.165, 1.54) is 6.20 Å². The number of pyridine rings is 1. The second-order valence-corrected chi connectivity index (χ2v) is 10.9. The first-order valence-corrected chi connectivity index (χ1v) is 15.3. The zero-order chi connectivity index (χ0) is 32.0. The first-order valence-electron chi connectivity index (χ1n) is 15.3. The lowest BCUT2D eigenvalue weighted by atomic mass is 10.0. The Bertz CT molecular complexity index is 1540. The highest BCUT2D eigenvalue weighted by atomic mass is 16.3. The summed E-state index contributed by atoms with van der Waals surface area (Å²) in [5.41, 5.74) is 3.28. The Hall–Kier alpha value is -5.02. The van der Waals surface area contributed by atoms with Gasteiger partial charge in [0.25, 0.3) is 0 Å². The molecule has 1 atom stereocenters. The van der Waals surface area contributed by atoms with Gasteiger partial charge in [-0.15, -0.1) is 0 Å². The molecule has 0 fully saturated rings. The van der Waals surface area contributed by atoms with Gasteiger partial charge in [-0.3, -0.25) is 9.58 Å². The molecule has 0 bridgehead atoms. The van der Waals surface area contributed by atoms with Crippen molar-refractivity contribution in [3.8, 4) is 17.2 Å². The zero-order valence-electron chi connectivity index (χ0n) is 26.2. The van der Waals surface area contributed by atoms with Gasteiger partial charge < -0.3 is 20.6 Å². The van der Waals surface area contributed by atoms with Gasteiger partial charge in [-0.1, -0.05) is 43.7 Å². The number of carbonyl (C=O) groups excluding carboxylic acids is 1. The number of benzene rings is 1. The number of aryl methyl sites for hydroxylation is 1. The van der Waals surface area contributed by atoms with E-state index in [0.717, 1.165) is 42.4 Å². The van der Waals surface area contributed by atoms with E-state index >= 15 is 0 Å². The molecule has 0 saturated carbocycles. The Morgan fingerprint density at radius 2 is 1.89 bits per heavy atom. The number of urea groups is 1. The molecule has 0 aliphatic rings. The van der Waals surface area contributed by atoms with Crippen LogP contribution in [0.5, 0.6) is 0 Å². The van der Waals surface area contributed by atoms with Crippen LogP contribution in [0.4, 0.5) is 22.4 Å². The fourth-order valence-corrected chi connectivity index (χ4v) is 5.10. The smallest absolute Gasteiger partial charge is 0.323 e. The topological polar surface area (TPSA) is 148 Å². The second kappa shape index (κ2) is 16.7. The van der Waals surface area contributed by atoms with Crippen LogP contribution in [0.3, 0.4) is 0 Å².